The quantitative estimate of drug-likeness (QED) is 0.886. The Hall–Kier alpha value is -1.00. The molecule has 0 amide bonds. The number of halogens is 2. The molecule has 1 aliphatic carbocycles. The van der Waals surface area contributed by atoms with Crippen LogP contribution in [0.4, 0.5) is 8.78 Å². The van der Waals surface area contributed by atoms with Gasteiger partial charge in [0.2, 0.25) is 0 Å². The van der Waals surface area contributed by atoms with Crippen LogP contribution in [0.3, 0.4) is 0 Å². The average Bonchev–Trinajstić information content (AvgIpc) is 3.20. The first-order valence-electron chi connectivity index (χ1n) is 6.63. The smallest absolute Gasteiger partial charge is 0.163 e. The molecule has 2 fully saturated rings. The van der Waals surface area contributed by atoms with E-state index < -0.39 is 11.6 Å². The first-order valence-corrected chi connectivity index (χ1v) is 6.63. The van der Waals surface area contributed by atoms with Crippen molar-refractivity contribution in [3.63, 3.8) is 0 Å². The van der Waals surface area contributed by atoms with Crippen molar-refractivity contribution in [2.75, 3.05) is 19.6 Å². The van der Waals surface area contributed by atoms with Crippen LogP contribution in [0, 0.1) is 17.6 Å². The Balaban J connectivity index is 1.75. The normalized spacial score (nSPS) is 25.3. The summed E-state index contributed by atoms with van der Waals surface area (Å²) in [6.45, 7) is 3.34. The number of nitrogens with one attached hydrogen (secondary N) is 1. The van der Waals surface area contributed by atoms with Crippen molar-refractivity contribution in [2.24, 2.45) is 5.92 Å². The van der Waals surface area contributed by atoms with E-state index in [1.807, 2.05) is 0 Å². The highest BCUT2D eigenvalue weighted by Crippen LogP contribution is 2.36. The van der Waals surface area contributed by atoms with Gasteiger partial charge in [-0.05, 0) is 24.8 Å². The first-order chi connectivity index (χ1) is 8.75. The van der Waals surface area contributed by atoms with Crippen molar-refractivity contribution in [1.82, 2.24) is 10.2 Å². The minimum atomic E-state index is -0.745. The lowest BCUT2D eigenvalue weighted by Gasteiger charge is -2.36. The minimum Gasteiger partial charge on any atom is -0.314 e. The Morgan fingerprint density at radius 2 is 2.11 bits per heavy atom. The zero-order valence-corrected chi connectivity index (χ0v) is 10.3. The molecule has 1 saturated heterocycles. The zero-order valence-electron chi connectivity index (χ0n) is 10.3. The van der Waals surface area contributed by atoms with Crippen LogP contribution in [-0.2, 0) is 6.54 Å². The molecule has 2 aliphatic rings. The van der Waals surface area contributed by atoms with Crippen LogP contribution >= 0.6 is 0 Å². The molecule has 0 bridgehead atoms. The predicted octanol–water partition coefficient (Wildman–Crippen LogP) is 2.15. The van der Waals surface area contributed by atoms with Gasteiger partial charge in [-0.3, -0.25) is 4.90 Å². The summed E-state index contributed by atoms with van der Waals surface area (Å²) < 4.78 is 26.9. The Kier molecular flexibility index (Phi) is 3.31. The molecule has 18 heavy (non-hydrogen) atoms. The molecular formula is C14H18F2N2. The largest absolute Gasteiger partial charge is 0.314 e. The van der Waals surface area contributed by atoms with Crippen LogP contribution in [-0.4, -0.2) is 30.6 Å². The van der Waals surface area contributed by atoms with E-state index in [9.17, 15) is 8.78 Å². The number of hydrogen-bond donors (Lipinski definition) is 1. The van der Waals surface area contributed by atoms with Crippen LogP contribution in [0.15, 0.2) is 18.2 Å². The summed E-state index contributed by atoms with van der Waals surface area (Å²) in [5.74, 6) is -0.689. The van der Waals surface area contributed by atoms with Gasteiger partial charge in [-0.1, -0.05) is 12.1 Å². The predicted molar refractivity (Wildman–Crippen MR) is 66.1 cm³/mol. The number of rotatable bonds is 3. The van der Waals surface area contributed by atoms with E-state index in [1.165, 1.54) is 18.9 Å². The summed E-state index contributed by atoms with van der Waals surface area (Å²) in [5.41, 5.74) is 0.475. The summed E-state index contributed by atoms with van der Waals surface area (Å²) in [5, 5.41) is 3.39. The molecule has 0 spiro atoms. The first kappa shape index (κ1) is 12.1. The van der Waals surface area contributed by atoms with Crippen molar-refractivity contribution in [3.05, 3.63) is 35.4 Å². The van der Waals surface area contributed by atoms with E-state index in [1.54, 1.807) is 12.1 Å². The van der Waals surface area contributed by atoms with Crippen molar-refractivity contribution in [1.29, 1.82) is 0 Å². The number of nitrogens with zero attached hydrogens (tertiary/aromatic N) is 1. The molecule has 3 rings (SSSR count). The van der Waals surface area contributed by atoms with Gasteiger partial charge in [0.15, 0.2) is 11.6 Å². The van der Waals surface area contributed by atoms with Gasteiger partial charge in [-0.2, -0.15) is 0 Å². The summed E-state index contributed by atoms with van der Waals surface area (Å²) >= 11 is 0. The maximum Gasteiger partial charge on any atom is 0.163 e. The Labute approximate surface area is 106 Å². The molecular weight excluding hydrogens is 234 g/mol. The fourth-order valence-corrected chi connectivity index (χ4v) is 2.80. The van der Waals surface area contributed by atoms with E-state index in [-0.39, 0.29) is 0 Å². The van der Waals surface area contributed by atoms with Crippen molar-refractivity contribution in [3.8, 4) is 0 Å². The lowest BCUT2D eigenvalue weighted by atomic mass is 10.1. The molecule has 1 heterocycles. The van der Waals surface area contributed by atoms with E-state index in [0.29, 0.717) is 18.2 Å². The molecule has 0 radical (unpaired) electrons. The van der Waals surface area contributed by atoms with Gasteiger partial charge in [0.1, 0.15) is 0 Å². The summed E-state index contributed by atoms with van der Waals surface area (Å²) in [7, 11) is 0. The monoisotopic (exact) mass is 252 g/mol. The van der Waals surface area contributed by atoms with Crippen molar-refractivity contribution < 1.29 is 8.78 Å². The van der Waals surface area contributed by atoms with Crippen LogP contribution in [0.2, 0.25) is 0 Å². The molecule has 1 aliphatic heterocycles. The number of hydrogen-bond acceptors (Lipinski definition) is 2. The highest BCUT2D eigenvalue weighted by Gasteiger charge is 2.36. The lowest BCUT2D eigenvalue weighted by molar-refractivity contribution is 0.134. The fourth-order valence-electron chi connectivity index (χ4n) is 2.80. The number of piperazine rings is 1. The maximum atomic E-state index is 13.7. The molecule has 1 unspecified atom stereocenters. The number of benzene rings is 1. The third-order valence-corrected chi connectivity index (χ3v) is 3.97. The molecule has 2 nitrogen and oxygen atoms in total. The van der Waals surface area contributed by atoms with Gasteiger partial charge >= 0.3 is 0 Å². The van der Waals surface area contributed by atoms with Gasteiger partial charge in [-0.15, -0.1) is 0 Å². The van der Waals surface area contributed by atoms with E-state index >= 15 is 0 Å². The summed E-state index contributed by atoms with van der Waals surface area (Å²) in [6, 6.07) is 4.93. The molecule has 1 aromatic rings. The second-order valence-electron chi connectivity index (χ2n) is 5.29. The van der Waals surface area contributed by atoms with Gasteiger partial charge in [-0.25, -0.2) is 8.78 Å². The molecule has 1 saturated carbocycles. The highest BCUT2D eigenvalue weighted by molar-refractivity contribution is 5.19. The molecule has 1 aromatic carbocycles. The molecule has 1 atom stereocenters. The summed E-state index contributed by atoms with van der Waals surface area (Å²) in [4.78, 5) is 2.30. The fraction of sp³-hybridized carbons (Fsp3) is 0.571. The second-order valence-corrected chi connectivity index (χ2v) is 5.29. The van der Waals surface area contributed by atoms with E-state index in [4.69, 9.17) is 0 Å². The molecule has 1 N–H and O–H groups in total. The Bertz CT molecular complexity index is 432. The standard InChI is InChI=1S/C14H18F2N2/c15-12-3-1-2-11(14(12)16)9-18-7-6-17-8-13(18)10-4-5-10/h1-3,10,13,17H,4-9H2. The minimum absolute atomic E-state index is 0.475. The molecule has 0 aromatic heterocycles. The summed E-state index contributed by atoms with van der Waals surface area (Å²) in [6.07, 6.45) is 2.54. The second kappa shape index (κ2) is 4.94. The maximum absolute atomic E-state index is 13.7. The zero-order chi connectivity index (χ0) is 12.5. The van der Waals surface area contributed by atoms with Crippen LogP contribution in [0.5, 0.6) is 0 Å². The van der Waals surface area contributed by atoms with Crippen LogP contribution < -0.4 is 5.32 Å². The van der Waals surface area contributed by atoms with Gasteiger partial charge in [0.05, 0.1) is 0 Å². The Morgan fingerprint density at radius 1 is 1.28 bits per heavy atom. The van der Waals surface area contributed by atoms with Gasteiger partial charge < -0.3 is 5.32 Å². The Morgan fingerprint density at radius 3 is 2.89 bits per heavy atom. The van der Waals surface area contributed by atoms with E-state index in [2.05, 4.69) is 10.2 Å². The lowest BCUT2D eigenvalue weighted by Crippen LogP contribution is -2.51. The van der Waals surface area contributed by atoms with Gasteiger partial charge in [0.25, 0.3) is 0 Å². The third kappa shape index (κ3) is 2.40. The van der Waals surface area contributed by atoms with Crippen LogP contribution in [0.25, 0.3) is 0 Å². The topological polar surface area (TPSA) is 15.3 Å². The molecule has 98 valence electrons. The van der Waals surface area contributed by atoms with Crippen molar-refractivity contribution in [2.45, 2.75) is 25.4 Å². The van der Waals surface area contributed by atoms with Gasteiger partial charge in [0, 0.05) is 37.8 Å². The third-order valence-electron chi connectivity index (χ3n) is 3.97. The molecule has 4 heteroatoms. The van der Waals surface area contributed by atoms with Crippen LogP contribution in [0.1, 0.15) is 18.4 Å². The SMILES string of the molecule is Fc1cccc(CN2CCNCC2C2CC2)c1F. The van der Waals surface area contributed by atoms with E-state index in [0.717, 1.165) is 25.6 Å². The highest BCUT2D eigenvalue weighted by atomic mass is 19.2. The van der Waals surface area contributed by atoms with Crippen molar-refractivity contribution >= 4 is 0 Å². The average molecular weight is 252 g/mol.